The number of hydrogen-bond acceptors (Lipinski definition) is 6. The highest BCUT2D eigenvalue weighted by atomic mass is 32.1. The Kier molecular flexibility index (Phi) is 4.74. The number of benzene rings is 1. The second kappa shape index (κ2) is 7.24. The number of amides is 1. The van der Waals surface area contributed by atoms with Crippen LogP contribution in [0.4, 0.5) is 13.2 Å². The van der Waals surface area contributed by atoms with Crippen LogP contribution in [0.1, 0.15) is 26.8 Å². The van der Waals surface area contributed by atoms with Crippen molar-refractivity contribution < 1.29 is 18.0 Å². The lowest BCUT2D eigenvalue weighted by Crippen LogP contribution is -2.22. The largest absolute Gasteiger partial charge is 0.453 e. The second-order valence-electron chi connectivity index (χ2n) is 6.12. The van der Waals surface area contributed by atoms with Gasteiger partial charge in [-0.3, -0.25) is 4.79 Å². The van der Waals surface area contributed by atoms with E-state index >= 15 is 0 Å². The van der Waals surface area contributed by atoms with Gasteiger partial charge in [0, 0.05) is 18.3 Å². The lowest BCUT2D eigenvalue weighted by atomic mass is 10.1. The molecule has 0 aliphatic heterocycles. The molecule has 4 aromatic rings. The first kappa shape index (κ1) is 19.0. The van der Waals surface area contributed by atoms with Gasteiger partial charge in [-0.15, -0.1) is 16.4 Å². The van der Waals surface area contributed by atoms with Crippen LogP contribution >= 0.6 is 11.3 Å². The van der Waals surface area contributed by atoms with Gasteiger partial charge in [0.2, 0.25) is 0 Å². The summed E-state index contributed by atoms with van der Waals surface area (Å²) in [7, 11) is 0. The summed E-state index contributed by atoms with van der Waals surface area (Å²) in [6.07, 6.45) is -3.27. The van der Waals surface area contributed by atoms with E-state index in [0.29, 0.717) is 28.4 Å². The number of hydrogen-bond donors (Lipinski definition) is 1. The van der Waals surface area contributed by atoms with Gasteiger partial charge in [-0.1, -0.05) is 24.3 Å². The van der Waals surface area contributed by atoms with Gasteiger partial charge in [0.15, 0.2) is 0 Å². The Hall–Kier alpha value is -3.34. The minimum Gasteiger partial charge on any atom is -0.347 e. The molecule has 3 heterocycles. The lowest BCUT2D eigenvalue weighted by molar-refractivity contribution is -0.144. The lowest BCUT2D eigenvalue weighted by Gasteiger charge is -2.07. The Morgan fingerprint density at radius 1 is 1.17 bits per heavy atom. The highest BCUT2D eigenvalue weighted by Gasteiger charge is 2.36. The summed E-state index contributed by atoms with van der Waals surface area (Å²) in [6.45, 7) is 2.08. The van der Waals surface area contributed by atoms with Crippen molar-refractivity contribution in [1.29, 1.82) is 0 Å². The number of rotatable bonds is 4. The molecule has 0 radical (unpaired) electrons. The number of aromatic nitrogens is 5. The molecule has 7 nitrogen and oxygen atoms in total. The Morgan fingerprint density at radius 3 is 2.59 bits per heavy atom. The minimum atomic E-state index is -4.65. The van der Waals surface area contributed by atoms with Crippen molar-refractivity contribution in [3.8, 4) is 11.3 Å². The zero-order valence-corrected chi connectivity index (χ0v) is 15.8. The Bertz CT molecular complexity index is 1180. The van der Waals surface area contributed by atoms with Crippen molar-refractivity contribution in [3.05, 3.63) is 64.0 Å². The topological polar surface area (TPSA) is 85.1 Å². The molecule has 1 aromatic carbocycles. The van der Waals surface area contributed by atoms with Crippen LogP contribution < -0.4 is 5.32 Å². The van der Waals surface area contributed by atoms with Crippen molar-refractivity contribution in [3.63, 3.8) is 0 Å². The molecule has 1 amide bonds. The van der Waals surface area contributed by atoms with Gasteiger partial charge in [-0.2, -0.15) is 22.7 Å². The van der Waals surface area contributed by atoms with Crippen LogP contribution in [0, 0.1) is 6.92 Å². The molecule has 0 bridgehead atoms. The maximum atomic E-state index is 12.9. The molecule has 1 N–H and O–H groups in total. The molecule has 11 heteroatoms. The van der Waals surface area contributed by atoms with Crippen LogP contribution in [0.25, 0.3) is 17.0 Å². The van der Waals surface area contributed by atoms with Gasteiger partial charge >= 0.3 is 6.18 Å². The van der Waals surface area contributed by atoms with Gasteiger partial charge in [-0.25, -0.2) is 9.97 Å². The number of nitrogens with zero attached hydrogens (tertiary/aromatic N) is 5. The van der Waals surface area contributed by atoms with Crippen molar-refractivity contribution in [2.45, 2.75) is 19.6 Å². The average Bonchev–Trinajstić information content (AvgIpc) is 3.32. The zero-order chi connectivity index (χ0) is 20.6. The van der Waals surface area contributed by atoms with E-state index in [4.69, 9.17) is 0 Å². The summed E-state index contributed by atoms with van der Waals surface area (Å²) >= 11 is 1.27. The first-order valence-corrected chi connectivity index (χ1v) is 9.27. The average molecular weight is 418 g/mol. The summed E-state index contributed by atoms with van der Waals surface area (Å²) in [5.41, 5.74) is 4.20. The summed E-state index contributed by atoms with van der Waals surface area (Å²) in [6, 6.07) is 8.60. The van der Waals surface area contributed by atoms with E-state index in [1.54, 1.807) is 42.8 Å². The van der Waals surface area contributed by atoms with Gasteiger partial charge in [0.25, 0.3) is 17.5 Å². The van der Waals surface area contributed by atoms with E-state index in [9.17, 15) is 18.0 Å². The Morgan fingerprint density at radius 2 is 1.93 bits per heavy atom. The smallest absolute Gasteiger partial charge is 0.347 e. The normalized spacial score (nSPS) is 11.7. The first-order valence-electron chi connectivity index (χ1n) is 8.39. The third-order valence-corrected chi connectivity index (χ3v) is 5.08. The summed E-state index contributed by atoms with van der Waals surface area (Å²) in [5, 5.41) is 6.36. The van der Waals surface area contributed by atoms with Crippen LogP contribution in [0.5, 0.6) is 0 Å². The van der Waals surface area contributed by atoms with E-state index < -0.39 is 12.0 Å². The number of alkyl halides is 3. The number of halogens is 3. The number of thiazole rings is 1. The fraction of sp³-hybridized carbons (Fsp3) is 0.167. The zero-order valence-electron chi connectivity index (χ0n) is 14.9. The highest BCUT2D eigenvalue weighted by Crippen LogP contribution is 2.28. The van der Waals surface area contributed by atoms with Gasteiger partial charge < -0.3 is 5.32 Å². The number of carbonyl (C=O) groups excluding carboxylic acids is 1. The molecule has 0 aliphatic rings. The quantitative estimate of drug-likeness (QED) is 0.548. The molecule has 0 aliphatic carbocycles. The van der Waals surface area contributed by atoms with E-state index in [1.165, 1.54) is 17.5 Å². The first-order chi connectivity index (χ1) is 13.8. The Labute approximate surface area is 166 Å². The fourth-order valence-electron chi connectivity index (χ4n) is 2.71. The summed E-state index contributed by atoms with van der Waals surface area (Å²) in [4.78, 5) is 24.0. The SMILES string of the molecule is Cc1ncsc1C(=O)NCc1ccc(-c2ccnc3nc(C(F)(F)F)nn23)cc1. The van der Waals surface area contributed by atoms with E-state index in [-0.39, 0.29) is 11.7 Å². The molecule has 0 spiro atoms. The van der Waals surface area contributed by atoms with Crippen LogP contribution in [-0.4, -0.2) is 30.5 Å². The van der Waals surface area contributed by atoms with Crippen molar-refractivity contribution >= 4 is 23.0 Å². The highest BCUT2D eigenvalue weighted by molar-refractivity contribution is 7.11. The second-order valence-corrected chi connectivity index (χ2v) is 6.98. The molecule has 0 saturated heterocycles. The van der Waals surface area contributed by atoms with Gasteiger partial charge in [0.05, 0.1) is 16.9 Å². The number of fused-ring (bicyclic) bond motifs is 1. The van der Waals surface area contributed by atoms with Crippen molar-refractivity contribution in [2.24, 2.45) is 0 Å². The monoisotopic (exact) mass is 418 g/mol. The molecular formula is C18H13F3N6OS. The van der Waals surface area contributed by atoms with Gasteiger partial charge in [-0.05, 0) is 18.6 Å². The standard InChI is InChI=1S/C18H13F3N6OS/c1-10-14(29-9-24-10)15(28)23-8-11-2-4-12(5-3-11)13-6-7-22-17-25-16(18(19,20)21)26-27(13)17/h2-7,9H,8H2,1H3,(H,23,28). The van der Waals surface area contributed by atoms with E-state index in [2.05, 4.69) is 25.4 Å². The molecule has 0 unspecified atom stereocenters. The molecule has 4 rings (SSSR count). The van der Waals surface area contributed by atoms with Crippen LogP contribution in [0.3, 0.4) is 0 Å². The predicted molar refractivity (Wildman–Crippen MR) is 99.2 cm³/mol. The predicted octanol–water partition coefficient (Wildman–Crippen LogP) is 3.51. The molecule has 0 atom stereocenters. The maximum Gasteiger partial charge on any atom is 0.453 e. The molecule has 0 saturated carbocycles. The molecular weight excluding hydrogens is 405 g/mol. The van der Waals surface area contributed by atoms with E-state index in [1.807, 2.05) is 0 Å². The molecule has 29 heavy (non-hydrogen) atoms. The number of aryl methyl sites for hydroxylation is 1. The number of nitrogens with one attached hydrogen (secondary N) is 1. The molecule has 3 aromatic heterocycles. The third kappa shape index (κ3) is 3.81. The van der Waals surface area contributed by atoms with Crippen LogP contribution in [-0.2, 0) is 12.7 Å². The minimum absolute atomic E-state index is 0.133. The fourth-order valence-corrected chi connectivity index (χ4v) is 3.43. The van der Waals surface area contributed by atoms with Crippen molar-refractivity contribution in [1.82, 2.24) is 29.9 Å². The summed E-state index contributed by atoms with van der Waals surface area (Å²) < 4.78 is 39.7. The molecule has 0 fully saturated rings. The maximum absolute atomic E-state index is 12.9. The van der Waals surface area contributed by atoms with E-state index in [0.717, 1.165) is 10.1 Å². The van der Waals surface area contributed by atoms with Crippen LogP contribution in [0.15, 0.2) is 42.0 Å². The summed E-state index contributed by atoms with van der Waals surface area (Å²) in [5.74, 6) is -1.58. The number of carbonyl (C=O) groups is 1. The third-order valence-electron chi connectivity index (χ3n) is 4.15. The Balaban J connectivity index is 1.54. The molecule has 148 valence electrons. The van der Waals surface area contributed by atoms with Gasteiger partial charge in [0.1, 0.15) is 4.88 Å². The van der Waals surface area contributed by atoms with Crippen molar-refractivity contribution in [2.75, 3.05) is 0 Å². The van der Waals surface area contributed by atoms with Crippen LogP contribution in [0.2, 0.25) is 0 Å².